The topological polar surface area (TPSA) is 68.2 Å². The van der Waals surface area contributed by atoms with Crippen LogP contribution in [0.15, 0.2) is 42.0 Å². The summed E-state index contributed by atoms with van der Waals surface area (Å²) in [5.41, 5.74) is 2.15. The van der Waals surface area contributed by atoms with Crippen molar-refractivity contribution in [3.05, 3.63) is 64.2 Å². The molecule has 188 valence electrons. The van der Waals surface area contributed by atoms with Crippen LogP contribution in [0.25, 0.3) is 5.03 Å². The quantitative estimate of drug-likeness (QED) is 0.441. The summed E-state index contributed by atoms with van der Waals surface area (Å²) < 4.78 is 56.3. The van der Waals surface area contributed by atoms with Gasteiger partial charge in [-0.2, -0.15) is 13.2 Å². The normalized spacial score (nSPS) is 16.5. The van der Waals surface area contributed by atoms with Crippen LogP contribution in [0.3, 0.4) is 0 Å². The molecule has 2 aromatic rings. The van der Waals surface area contributed by atoms with Crippen molar-refractivity contribution in [2.24, 2.45) is 0 Å². The third-order valence-electron chi connectivity index (χ3n) is 6.02. The van der Waals surface area contributed by atoms with E-state index in [0.29, 0.717) is 30.4 Å². The summed E-state index contributed by atoms with van der Waals surface area (Å²) in [6.45, 7) is 3.45. The molecule has 1 aliphatic carbocycles. The van der Waals surface area contributed by atoms with E-state index in [4.69, 9.17) is 30.9 Å². The van der Waals surface area contributed by atoms with E-state index in [1.165, 1.54) is 12.1 Å². The molecule has 0 spiro atoms. The average molecular weight is 512 g/mol. The van der Waals surface area contributed by atoms with Gasteiger partial charge in [0.05, 0.1) is 12.2 Å². The van der Waals surface area contributed by atoms with Crippen LogP contribution in [0, 0.1) is 0 Å². The number of fused-ring (bicyclic) bond motifs is 1. The Bertz CT molecular complexity index is 1130. The highest BCUT2D eigenvalue weighted by atomic mass is 35.5. The van der Waals surface area contributed by atoms with Crippen LogP contribution < -0.4 is 9.47 Å². The van der Waals surface area contributed by atoms with Crippen LogP contribution >= 0.6 is 11.6 Å². The predicted octanol–water partition coefficient (Wildman–Crippen LogP) is 5.96. The van der Waals surface area contributed by atoms with Gasteiger partial charge in [0.25, 0.3) is 0 Å². The van der Waals surface area contributed by atoms with Gasteiger partial charge in [-0.25, -0.2) is 4.79 Å². The highest BCUT2D eigenvalue weighted by Crippen LogP contribution is 2.38. The van der Waals surface area contributed by atoms with Crippen molar-refractivity contribution in [1.29, 1.82) is 0 Å². The van der Waals surface area contributed by atoms with E-state index >= 15 is 0 Å². The molecule has 0 unspecified atom stereocenters. The molecule has 10 heteroatoms. The van der Waals surface area contributed by atoms with E-state index < -0.39 is 17.9 Å². The van der Waals surface area contributed by atoms with Crippen molar-refractivity contribution in [2.45, 2.75) is 38.7 Å². The SMILES string of the molecule is CCOc1ccc(COc2ccc3c(c2)CCC(CN2CC(OC(=O)O)C2)=C3Cl)c(C(F)(F)F)c1. The molecule has 0 atom stereocenters. The second-order valence-corrected chi connectivity index (χ2v) is 8.85. The molecule has 35 heavy (non-hydrogen) atoms. The zero-order valence-corrected chi connectivity index (χ0v) is 19.8. The third kappa shape index (κ3) is 6.02. The summed E-state index contributed by atoms with van der Waals surface area (Å²) in [5.74, 6) is 0.632. The molecule has 2 aliphatic rings. The van der Waals surface area contributed by atoms with E-state index in [9.17, 15) is 18.0 Å². The Kier molecular flexibility index (Phi) is 7.47. The number of rotatable bonds is 8. The maximum absolute atomic E-state index is 13.5. The fraction of sp³-hybridized carbons (Fsp3) is 0.400. The van der Waals surface area contributed by atoms with Crippen molar-refractivity contribution in [3.8, 4) is 11.5 Å². The Hall–Kier alpha value is -2.91. The largest absolute Gasteiger partial charge is 0.506 e. The number of carbonyl (C=O) groups is 1. The van der Waals surface area contributed by atoms with Gasteiger partial charge in [-0.05, 0) is 66.8 Å². The summed E-state index contributed by atoms with van der Waals surface area (Å²) >= 11 is 6.65. The highest BCUT2D eigenvalue weighted by Gasteiger charge is 2.34. The average Bonchev–Trinajstić information content (AvgIpc) is 2.77. The third-order valence-corrected chi connectivity index (χ3v) is 6.49. The Morgan fingerprint density at radius 1 is 1.11 bits per heavy atom. The molecule has 0 amide bonds. The van der Waals surface area contributed by atoms with E-state index in [-0.39, 0.29) is 30.6 Å². The number of benzene rings is 2. The molecule has 1 saturated heterocycles. The molecule has 6 nitrogen and oxygen atoms in total. The molecule has 0 saturated carbocycles. The Labute approximate surface area is 205 Å². The van der Waals surface area contributed by atoms with E-state index in [1.54, 1.807) is 13.0 Å². The molecular formula is C25H25ClF3NO5. The van der Waals surface area contributed by atoms with Crippen LogP contribution in [0.1, 0.15) is 35.6 Å². The van der Waals surface area contributed by atoms with Gasteiger partial charge in [-0.3, -0.25) is 4.90 Å². The second-order valence-electron chi connectivity index (χ2n) is 8.47. The van der Waals surface area contributed by atoms with Crippen molar-refractivity contribution in [1.82, 2.24) is 4.90 Å². The van der Waals surface area contributed by atoms with Gasteiger partial charge in [0.1, 0.15) is 24.2 Å². The first-order valence-electron chi connectivity index (χ1n) is 11.2. The number of alkyl halides is 3. The van der Waals surface area contributed by atoms with Gasteiger partial charge >= 0.3 is 12.3 Å². The van der Waals surface area contributed by atoms with Crippen LogP contribution in [-0.2, 0) is 23.9 Å². The molecule has 1 heterocycles. The summed E-state index contributed by atoms with van der Waals surface area (Å²) in [5, 5.41) is 9.32. The van der Waals surface area contributed by atoms with Crippen molar-refractivity contribution in [2.75, 3.05) is 26.2 Å². The van der Waals surface area contributed by atoms with Crippen molar-refractivity contribution >= 4 is 22.8 Å². The standard InChI is InChI=1S/C25H25ClF3NO5/c1-2-33-19-6-5-17(22(10-19)25(27,28)29)14-34-18-7-8-21-15(9-18)3-4-16(23(21)26)11-30-12-20(13-30)35-24(31)32/h5-10,20H,2-4,11-14H2,1H3,(H,31,32). The van der Waals surface area contributed by atoms with Crippen molar-refractivity contribution in [3.63, 3.8) is 0 Å². The molecule has 0 bridgehead atoms. The summed E-state index contributed by atoms with van der Waals surface area (Å²) in [4.78, 5) is 12.7. The lowest BCUT2D eigenvalue weighted by atomic mass is 9.91. The minimum Gasteiger partial charge on any atom is -0.494 e. The fourth-order valence-electron chi connectivity index (χ4n) is 4.32. The van der Waals surface area contributed by atoms with Crippen molar-refractivity contribution < 1.29 is 37.3 Å². The first kappa shape index (κ1) is 25.2. The molecule has 1 aliphatic heterocycles. The molecule has 1 fully saturated rings. The lowest BCUT2D eigenvalue weighted by molar-refractivity contribution is -0.138. The molecule has 2 aromatic carbocycles. The highest BCUT2D eigenvalue weighted by molar-refractivity contribution is 6.49. The summed E-state index contributed by atoms with van der Waals surface area (Å²) in [7, 11) is 0. The van der Waals surface area contributed by atoms with Crippen LogP contribution in [0.5, 0.6) is 11.5 Å². The van der Waals surface area contributed by atoms with E-state index in [2.05, 4.69) is 4.90 Å². The summed E-state index contributed by atoms with van der Waals surface area (Å²) in [6.07, 6.45) is -4.65. The maximum atomic E-state index is 13.5. The Morgan fingerprint density at radius 2 is 1.83 bits per heavy atom. The minimum atomic E-state index is -4.52. The second kappa shape index (κ2) is 10.4. The zero-order valence-electron chi connectivity index (χ0n) is 19.0. The number of hydrogen-bond donors (Lipinski definition) is 1. The summed E-state index contributed by atoms with van der Waals surface area (Å²) in [6, 6.07) is 9.21. The lowest BCUT2D eigenvalue weighted by Gasteiger charge is -2.38. The van der Waals surface area contributed by atoms with Crippen LogP contribution in [0.4, 0.5) is 18.0 Å². The number of hydrogen-bond acceptors (Lipinski definition) is 5. The minimum absolute atomic E-state index is 0.0265. The van der Waals surface area contributed by atoms with Gasteiger partial charge in [0.15, 0.2) is 0 Å². The fourth-order valence-corrected chi connectivity index (χ4v) is 4.66. The van der Waals surface area contributed by atoms with Gasteiger partial charge in [-0.1, -0.05) is 17.7 Å². The molecular weight excluding hydrogens is 487 g/mol. The molecule has 0 radical (unpaired) electrons. The number of likely N-dealkylation sites (tertiary alicyclic amines) is 1. The molecule has 0 aromatic heterocycles. The van der Waals surface area contributed by atoms with Crippen LogP contribution in [0.2, 0.25) is 0 Å². The van der Waals surface area contributed by atoms with Gasteiger partial charge in [-0.15, -0.1) is 0 Å². The number of carboxylic acid groups (broad SMARTS) is 1. The predicted molar refractivity (Wildman–Crippen MR) is 124 cm³/mol. The van der Waals surface area contributed by atoms with Gasteiger partial charge in [0, 0.05) is 30.2 Å². The van der Waals surface area contributed by atoms with Crippen LogP contribution in [-0.4, -0.2) is 48.5 Å². The van der Waals surface area contributed by atoms with Gasteiger partial charge in [0.2, 0.25) is 0 Å². The molecule has 4 rings (SSSR count). The van der Waals surface area contributed by atoms with E-state index in [1.807, 2.05) is 12.1 Å². The monoisotopic (exact) mass is 511 g/mol. The van der Waals surface area contributed by atoms with E-state index in [0.717, 1.165) is 35.6 Å². The Morgan fingerprint density at radius 3 is 2.51 bits per heavy atom. The first-order valence-corrected chi connectivity index (χ1v) is 11.6. The zero-order chi connectivity index (χ0) is 25.2. The first-order chi connectivity index (χ1) is 16.6. The lowest BCUT2D eigenvalue weighted by Crippen LogP contribution is -2.53. The maximum Gasteiger partial charge on any atom is 0.506 e. The Balaban J connectivity index is 1.42. The number of nitrogens with zero attached hydrogens (tertiary/aromatic N) is 1. The smallest absolute Gasteiger partial charge is 0.494 e. The number of ether oxygens (including phenoxy) is 3. The van der Waals surface area contributed by atoms with Gasteiger partial charge < -0.3 is 19.3 Å². The number of halogens is 4. The number of aryl methyl sites for hydroxylation is 1. The molecule has 1 N–H and O–H groups in total.